The molecule has 2 heterocycles. The maximum absolute atomic E-state index is 13.0. The molecule has 1 aliphatic heterocycles. The van der Waals surface area contributed by atoms with E-state index in [1.165, 1.54) is 0 Å². The second-order valence-corrected chi connectivity index (χ2v) is 6.78. The molecule has 2 N–H and O–H groups in total. The molecule has 1 aromatic heterocycles. The van der Waals surface area contributed by atoms with Gasteiger partial charge in [0.2, 0.25) is 5.95 Å². The lowest BCUT2D eigenvalue weighted by Gasteiger charge is -2.31. The number of benzene rings is 2. The summed E-state index contributed by atoms with van der Waals surface area (Å²) in [6.45, 7) is 4.17. The van der Waals surface area contributed by atoms with E-state index in [0.29, 0.717) is 24.5 Å². The minimum absolute atomic E-state index is 0.155. The van der Waals surface area contributed by atoms with E-state index < -0.39 is 6.04 Å². The van der Waals surface area contributed by atoms with Gasteiger partial charge in [0.05, 0.1) is 29.3 Å². The number of hydrogen-bond acceptors (Lipinski definition) is 5. The van der Waals surface area contributed by atoms with Gasteiger partial charge in [0.1, 0.15) is 5.75 Å². The molecule has 144 valence electrons. The maximum Gasteiger partial charge on any atom is 0.338 e. The molecule has 28 heavy (non-hydrogen) atoms. The number of aromatic nitrogens is 2. The van der Waals surface area contributed by atoms with Gasteiger partial charge in [-0.15, -0.1) is 0 Å². The molecule has 6 nitrogen and oxygen atoms in total. The van der Waals surface area contributed by atoms with Gasteiger partial charge in [-0.25, -0.2) is 9.78 Å². The van der Waals surface area contributed by atoms with Crippen LogP contribution in [0.5, 0.6) is 5.75 Å². The van der Waals surface area contributed by atoms with Gasteiger partial charge >= 0.3 is 5.97 Å². The third-order valence-electron chi connectivity index (χ3n) is 4.90. The smallest absolute Gasteiger partial charge is 0.338 e. The van der Waals surface area contributed by atoms with E-state index >= 15 is 0 Å². The SMILES string of the molecule is CCCC1=C(C(=O)OCC)[C@H](c2cccc(O)c2)n2c(nc3ccccc32)N1. The number of phenols is 1. The van der Waals surface area contributed by atoms with Crippen molar-refractivity contribution in [3.63, 3.8) is 0 Å². The van der Waals surface area contributed by atoms with Gasteiger partial charge in [-0.05, 0) is 43.2 Å². The third-order valence-corrected chi connectivity index (χ3v) is 4.90. The second kappa shape index (κ2) is 7.38. The molecule has 0 saturated carbocycles. The first-order valence-corrected chi connectivity index (χ1v) is 9.57. The number of nitrogens with zero attached hydrogens (tertiary/aromatic N) is 2. The molecule has 3 aromatic rings. The number of hydrogen-bond donors (Lipinski definition) is 2. The van der Waals surface area contributed by atoms with Crippen LogP contribution in [0.4, 0.5) is 5.95 Å². The first-order chi connectivity index (χ1) is 13.6. The molecule has 6 heteroatoms. The minimum Gasteiger partial charge on any atom is -0.508 e. The fourth-order valence-electron chi connectivity index (χ4n) is 3.79. The highest BCUT2D eigenvalue weighted by Gasteiger charge is 2.35. The van der Waals surface area contributed by atoms with E-state index in [1.807, 2.05) is 34.9 Å². The number of allylic oxidation sites excluding steroid dienone is 1. The number of esters is 1. The molecule has 0 amide bonds. The lowest BCUT2D eigenvalue weighted by molar-refractivity contribution is -0.139. The van der Waals surface area contributed by atoms with Crippen molar-refractivity contribution in [1.82, 2.24) is 9.55 Å². The molecule has 0 saturated heterocycles. The quantitative estimate of drug-likeness (QED) is 0.646. The fraction of sp³-hybridized carbons (Fsp3) is 0.273. The zero-order valence-corrected chi connectivity index (χ0v) is 16.0. The van der Waals surface area contributed by atoms with Gasteiger partial charge in [-0.2, -0.15) is 0 Å². The third kappa shape index (κ3) is 3.01. The lowest BCUT2D eigenvalue weighted by atomic mass is 9.93. The molecule has 0 aliphatic carbocycles. The summed E-state index contributed by atoms with van der Waals surface area (Å²) in [5.41, 5.74) is 3.94. The minimum atomic E-state index is -0.434. The summed E-state index contributed by atoms with van der Waals surface area (Å²) in [5, 5.41) is 13.4. The van der Waals surface area contributed by atoms with Crippen LogP contribution in [0.2, 0.25) is 0 Å². The normalized spacial score (nSPS) is 16.0. The van der Waals surface area contributed by atoms with Crippen LogP contribution in [0.15, 0.2) is 59.8 Å². The summed E-state index contributed by atoms with van der Waals surface area (Å²) in [7, 11) is 0. The zero-order valence-electron chi connectivity index (χ0n) is 16.0. The van der Waals surface area contributed by atoms with Crippen LogP contribution in [0.25, 0.3) is 11.0 Å². The average molecular weight is 377 g/mol. The molecular formula is C22H23N3O3. The van der Waals surface area contributed by atoms with Crippen molar-refractivity contribution in [3.8, 4) is 5.75 Å². The van der Waals surface area contributed by atoms with Crippen LogP contribution in [0.1, 0.15) is 38.3 Å². The van der Waals surface area contributed by atoms with E-state index in [-0.39, 0.29) is 11.7 Å². The monoisotopic (exact) mass is 377 g/mol. The molecule has 0 spiro atoms. The van der Waals surface area contributed by atoms with Gasteiger partial charge in [-0.3, -0.25) is 4.57 Å². The van der Waals surface area contributed by atoms with Crippen molar-refractivity contribution in [2.75, 3.05) is 11.9 Å². The Morgan fingerprint density at radius 2 is 2.04 bits per heavy atom. The Labute approximate surface area is 163 Å². The van der Waals surface area contributed by atoms with E-state index in [0.717, 1.165) is 28.7 Å². The summed E-state index contributed by atoms with van der Waals surface area (Å²) in [5.74, 6) is 0.489. The van der Waals surface area contributed by atoms with Crippen molar-refractivity contribution in [1.29, 1.82) is 0 Å². The van der Waals surface area contributed by atoms with Gasteiger partial charge in [0.15, 0.2) is 0 Å². The average Bonchev–Trinajstić information content (AvgIpc) is 3.05. The number of rotatable bonds is 5. The number of imidazole rings is 1. The summed E-state index contributed by atoms with van der Waals surface area (Å²) < 4.78 is 7.42. The molecule has 0 bridgehead atoms. The van der Waals surface area contributed by atoms with Gasteiger partial charge in [0.25, 0.3) is 0 Å². The van der Waals surface area contributed by atoms with Crippen LogP contribution in [0.3, 0.4) is 0 Å². The number of anilines is 1. The second-order valence-electron chi connectivity index (χ2n) is 6.78. The Bertz CT molecular complexity index is 1070. The van der Waals surface area contributed by atoms with Crippen molar-refractivity contribution in [2.24, 2.45) is 0 Å². The zero-order chi connectivity index (χ0) is 19.7. The fourth-order valence-corrected chi connectivity index (χ4v) is 3.79. The number of carbonyl (C=O) groups excluding carboxylic acids is 1. The number of ether oxygens (including phenoxy) is 1. The summed E-state index contributed by atoms with van der Waals surface area (Å²) in [6, 6.07) is 14.4. The predicted molar refractivity (Wildman–Crippen MR) is 108 cm³/mol. The highest BCUT2D eigenvalue weighted by molar-refractivity contribution is 5.94. The number of fused-ring (bicyclic) bond motifs is 3. The van der Waals surface area contributed by atoms with Crippen LogP contribution in [0, 0.1) is 0 Å². The lowest BCUT2D eigenvalue weighted by Crippen LogP contribution is -2.29. The van der Waals surface area contributed by atoms with Crippen LogP contribution >= 0.6 is 0 Å². The Morgan fingerprint density at radius 3 is 2.79 bits per heavy atom. The predicted octanol–water partition coefficient (Wildman–Crippen LogP) is 4.37. The van der Waals surface area contributed by atoms with Crippen molar-refractivity contribution < 1.29 is 14.6 Å². The molecule has 1 atom stereocenters. The highest BCUT2D eigenvalue weighted by atomic mass is 16.5. The molecule has 2 aromatic carbocycles. The summed E-state index contributed by atoms with van der Waals surface area (Å²) >= 11 is 0. The number of para-hydroxylation sites is 2. The van der Waals surface area contributed by atoms with Crippen LogP contribution < -0.4 is 5.32 Å². The van der Waals surface area contributed by atoms with E-state index in [2.05, 4.69) is 12.2 Å². The van der Waals surface area contributed by atoms with Crippen LogP contribution in [-0.4, -0.2) is 27.2 Å². The first kappa shape index (κ1) is 18.1. The standard InChI is InChI=1S/C22H23N3O3/c1-3-8-17-19(21(27)28-4-2)20(14-9-7-10-15(26)13-14)25-18-12-6-5-11-16(18)23-22(25)24-17/h5-7,9-13,20,26H,3-4,8H2,1-2H3,(H,23,24)/t20-/m0/s1. The largest absolute Gasteiger partial charge is 0.508 e. The first-order valence-electron chi connectivity index (χ1n) is 9.57. The summed E-state index contributed by atoms with van der Waals surface area (Å²) in [6.07, 6.45) is 1.57. The van der Waals surface area contributed by atoms with Crippen molar-refractivity contribution in [3.05, 3.63) is 65.4 Å². The van der Waals surface area contributed by atoms with Gasteiger partial charge in [0, 0.05) is 5.70 Å². The Balaban J connectivity index is 2.00. The van der Waals surface area contributed by atoms with Crippen molar-refractivity contribution in [2.45, 2.75) is 32.7 Å². The maximum atomic E-state index is 13.0. The van der Waals surface area contributed by atoms with E-state index in [4.69, 9.17) is 9.72 Å². The van der Waals surface area contributed by atoms with E-state index in [1.54, 1.807) is 25.1 Å². The number of aromatic hydroxyl groups is 1. The Hall–Kier alpha value is -3.28. The van der Waals surface area contributed by atoms with Gasteiger partial charge in [-0.1, -0.05) is 37.6 Å². The van der Waals surface area contributed by atoms with Crippen molar-refractivity contribution >= 4 is 23.0 Å². The summed E-state index contributed by atoms with van der Waals surface area (Å²) in [4.78, 5) is 17.7. The molecule has 1 aliphatic rings. The Morgan fingerprint density at radius 1 is 1.21 bits per heavy atom. The topological polar surface area (TPSA) is 76.4 Å². The highest BCUT2D eigenvalue weighted by Crippen LogP contribution is 2.41. The molecule has 0 fully saturated rings. The van der Waals surface area contributed by atoms with E-state index in [9.17, 15) is 9.90 Å². The number of phenolic OH excluding ortho intramolecular Hbond substituents is 1. The molecule has 0 radical (unpaired) electrons. The van der Waals surface area contributed by atoms with Gasteiger partial charge < -0.3 is 15.2 Å². The number of nitrogens with one attached hydrogen (secondary N) is 1. The molecule has 0 unspecified atom stereocenters. The molecular weight excluding hydrogens is 354 g/mol. The van der Waals surface area contributed by atoms with Crippen LogP contribution in [-0.2, 0) is 9.53 Å². The Kier molecular flexibility index (Phi) is 4.77. The molecule has 4 rings (SSSR count). The number of carbonyl (C=O) groups is 1.